The highest BCUT2D eigenvalue weighted by molar-refractivity contribution is 5.78. The number of hydrogen-bond donors (Lipinski definition) is 2. The monoisotopic (exact) mass is 210 g/mol. The molecule has 0 aromatic rings. The van der Waals surface area contributed by atoms with Gasteiger partial charge < -0.3 is 5.32 Å². The van der Waals surface area contributed by atoms with Crippen molar-refractivity contribution in [1.82, 2.24) is 10.6 Å². The van der Waals surface area contributed by atoms with Crippen LogP contribution in [0.4, 0.5) is 0 Å². The average Bonchev–Trinajstić information content (AvgIpc) is 2.15. The second-order valence-corrected chi connectivity index (χ2v) is 4.25. The standard InChI is InChI=1S/C12H22N2O/c1-5-8-13-9-12(15)14-11(4)7-6-10(2)3/h1,10-11,13H,6-9H2,2-4H3,(H,14,15). The van der Waals surface area contributed by atoms with Crippen molar-refractivity contribution in [1.29, 1.82) is 0 Å². The molecule has 0 fully saturated rings. The number of carbonyl (C=O) groups is 1. The van der Waals surface area contributed by atoms with Gasteiger partial charge in [-0.15, -0.1) is 6.42 Å². The smallest absolute Gasteiger partial charge is 0.234 e. The zero-order chi connectivity index (χ0) is 11.7. The lowest BCUT2D eigenvalue weighted by molar-refractivity contribution is -0.120. The van der Waals surface area contributed by atoms with E-state index in [1.54, 1.807) is 0 Å². The fraction of sp³-hybridized carbons (Fsp3) is 0.750. The number of rotatable bonds is 7. The first-order valence-electron chi connectivity index (χ1n) is 5.49. The molecule has 0 saturated carbocycles. The van der Waals surface area contributed by atoms with Gasteiger partial charge in [0.05, 0.1) is 13.1 Å². The van der Waals surface area contributed by atoms with Crippen LogP contribution in [0.2, 0.25) is 0 Å². The Labute approximate surface area is 93.0 Å². The molecule has 3 heteroatoms. The summed E-state index contributed by atoms with van der Waals surface area (Å²) in [5, 5.41) is 5.78. The Morgan fingerprint density at radius 1 is 1.33 bits per heavy atom. The molecule has 0 rings (SSSR count). The Hall–Kier alpha value is -1.01. The summed E-state index contributed by atoms with van der Waals surface area (Å²) in [4.78, 5) is 11.3. The zero-order valence-electron chi connectivity index (χ0n) is 9.97. The average molecular weight is 210 g/mol. The molecule has 0 aromatic heterocycles. The van der Waals surface area contributed by atoms with Crippen LogP contribution in [0.1, 0.15) is 33.6 Å². The van der Waals surface area contributed by atoms with Gasteiger partial charge in [-0.25, -0.2) is 0 Å². The van der Waals surface area contributed by atoms with Crippen LogP contribution in [0.5, 0.6) is 0 Å². The molecule has 15 heavy (non-hydrogen) atoms. The van der Waals surface area contributed by atoms with E-state index in [2.05, 4.69) is 30.4 Å². The molecular weight excluding hydrogens is 188 g/mol. The summed E-state index contributed by atoms with van der Waals surface area (Å²) >= 11 is 0. The zero-order valence-corrected chi connectivity index (χ0v) is 9.97. The Morgan fingerprint density at radius 2 is 2.00 bits per heavy atom. The predicted octanol–water partition coefficient (Wildman–Crippen LogP) is 1.15. The predicted molar refractivity (Wildman–Crippen MR) is 63.4 cm³/mol. The molecule has 0 saturated heterocycles. The van der Waals surface area contributed by atoms with Crippen molar-refractivity contribution >= 4 is 5.91 Å². The Balaban J connectivity index is 3.54. The molecule has 2 N–H and O–H groups in total. The van der Waals surface area contributed by atoms with Crippen LogP contribution in [-0.2, 0) is 4.79 Å². The first-order chi connectivity index (χ1) is 7.06. The maximum absolute atomic E-state index is 11.3. The number of nitrogens with one attached hydrogen (secondary N) is 2. The van der Waals surface area contributed by atoms with Crippen LogP contribution in [0.15, 0.2) is 0 Å². The third kappa shape index (κ3) is 9.30. The van der Waals surface area contributed by atoms with E-state index in [9.17, 15) is 4.79 Å². The summed E-state index contributed by atoms with van der Waals surface area (Å²) in [5.41, 5.74) is 0. The van der Waals surface area contributed by atoms with E-state index in [1.807, 2.05) is 6.92 Å². The molecule has 1 atom stereocenters. The van der Waals surface area contributed by atoms with Crippen molar-refractivity contribution < 1.29 is 4.79 Å². The molecule has 0 aliphatic heterocycles. The minimum Gasteiger partial charge on any atom is -0.353 e. The van der Waals surface area contributed by atoms with Crippen molar-refractivity contribution in [2.45, 2.75) is 39.7 Å². The highest BCUT2D eigenvalue weighted by Crippen LogP contribution is 2.05. The first-order valence-corrected chi connectivity index (χ1v) is 5.49. The van der Waals surface area contributed by atoms with Gasteiger partial charge in [-0.05, 0) is 25.7 Å². The second kappa shape index (κ2) is 8.31. The molecule has 0 spiro atoms. The molecule has 0 heterocycles. The Morgan fingerprint density at radius 3 is 2.53 bits per heavy atom. The molecule has 0 aromatic carbocycles. The topological polar surface area (TPSA) is 41.1 Å². The summed E-state index contributed by atoms with van der Waals surface area (Å²) in [5.74, 6) is 3.12. The second-order valence-electron chi connectivity index (χ2n) is 4.25. The molecule has 86 valence electrons. The van der Waals surface area contributed by atoms with Gasteiger partial charge in [-0.2, -0.15) is 0 Å². The lowest BCUT2D eigenvalue weighted by Crippen LogP contribution is -2.39. The lowest BCUT2D eigenvalue weighted by atomic mass is 10.0. The van der Waals surface area contributed by atoms with Crippen molar-refractivity contribution in [2.75, 3.05) is 13.1 Å². The summed E-state index contributed by atoms with van der Waals surface area (Å²) in [6.07, 6.45) is 7.22. The number of amides is 1. The molecule has 1 unspecified atom stereocenters. The molecule has 0 bridgehead atoms. The van der Waals surface area contributed by atoms with Crippen LogP contribution in [0, 0.1) is 18.3 Å². The van der Waals surface area contributed by atoms with E-state index in [0.717, 1.165) is 12.8 Å². The largest absolute Gasteiger partial charge is 0.353 e. The van der Waals surface area contributed by atoms with Gasteiger partial charge in [0, 0.05) is 6.04 Å². The third-order valence-electron chi connectivity index (χ3n) is 2.10. The van der Waals surface area contributed by atoms with Crippen LogP contribution in [0.3, 0.4) is 0 Å². The molecule has 0 aliphatic rings. The van der Waals surface area contributed by atoms with Gasteiger partial charge in [0.1, 0.15) is 0 Å². The first kappa shape index (κ1) is 14.0. The summed E-state index contributed by atoms with van der Waals surface area (Å²) in [6, 6.07) is 0.243. The quantitative estimate of drug-likeness (QED) is 0.489. The number of carbonyl (C=O) groups excluding carboxylic acids is 1. The molecular formula is C12H22N2O. The van der Waals surface area contributed by atoms with Gasteiger partial charge in [-0.1, -0.05) is 19.8 Å². The van der Waals surface area contributed by atoms with E-state index in [0.29, 0.717) is 19.0 Å². The van der Waals surface area contributed by atoms with E-state index in [1.165, 1.54) is 0 Å². The van der Waals surface area contributed by atoms with Gasteiger partial charge in [-0.3, -0.25) is 10.1 Å². The maximum Gasteiger partial charge on any atom is 0.234 e. The fourth-order valence-electron chi connectivity index (χ4n) is 1.23. The normalized spacial score (nSPS) is 12.2. The van der Waals surface area contributed by atoms with E-state index in [-0.39, 0.29) is 11.9 Å². The number of terminal acetylenes is 1. The van der Waals surface area contributed by atoms with Crippen LogP contribution < -0.4 is 10.6 Å². The fourth-order valence-corrected chi connectivity index (χ4v) is 1.23. The minimum atomic E-state index is 0.0153. The van der Waals surface area contributed by atoms with Crippen molar-refractivity contribution in [2.24, 2.45) is 5.92 Å². The molecule has 0 radical (unpaired) electrons. The van der Waals surface area contributed by atoms with Crippen LogP contribution >= 0.6 is 0 Å². The van der Waals surface area contributed by atoms with E-state index >= 15 is 0 Å². The van der Waals surface area contributed by atoms with Gasteiger partial charge in [0.15, 0.2) is 0 Å². The number of hydrogen-bond acceptors (Lipinski definition) is 2. The Kier molecular flexibility index (Phi) is 7.75. The summed E-state index contributed by atoms with van der Waals surface area (Å²) < 4.78 is 0. The summed E-state index contributed by atoms with van der Waals surface area (Å²) in [7, 11) is 0. The highest BCUT2D eigenvalue weighted by atomic mass is 16.1. The van der Waals surface area contributed by atoms with Crippen molar-refractivity contribution in [3.05, 3.63) is 0 Å². The summed E-state index contributed by atoms with van der Waals surface area (Å²) in [6.45, 7) is 7.14. The maximum atomic E-state index is 11.3. The van der Waals surface area contributed by atoms with Crippen molar-refractivity contribution in [3.63, 3.8) is 0 Å². The minimum absolute atomic E-state index is 0.0153. The third-order valence-corrected chi connectivity index (χ3v) is 2.10. The lowest BCUT2D eigenvalue weighted by Gasteiger charge is -2.14. The highest BCUT2D eigenvalue weighted by Gasteiger charge is 2.07. The van der Waals surface area contributed by atoms with Crippen molar-refractivity contribution in [3.8, 4) is 12.3 Å². The molecule has 0 aliphatic carbocycles. The van der Waals surface area contributed by atoms with E-state index < -0.39 is 0 Å². The van der Waals surface area contributed by atoms with Crippen LogP contribution in [0.25, 0.3) is 0 Å². The van der Waals surface area contributed by atoms with Crippen LogP contribution in [-0.4, -0.2) is 25.0 Å². The van der Waals surface area contributed by atoms with Gasteiger partial charge in [0.25, 0.3) is 0 Å². The van der Waals surface area contributed by atoms with Gasteiger partial charge in [0.2, 0.25) is 5.91 Å². The molecule has 1 amide bonds. The van der Waals surface area contributed by atoms with Gasteiger partial charge >= 0.3 is 0 Å². The SMILES string of the molecule is C#CCNCC(=O)NC(C)CCC(C)C. The van der Waals surface area contributed by atoms with E-state index in [4.69, 9.17) is 6.42 Å². The Bertz CT molecular complexity index is 218. The molecule has 3 nitrogen and oxygen atoms in total.